The van der Waals surface area contributed by atoms with Gasteiger partial charge >= 0.3 is 0 Å². The second kappa shape index (κ2) is 8.82. The van der Waals surface area contributed by atoms with Gasteiger partial charge in [-0.2, -0.15) is 0 Å². The molecule has 1 heterocycles. The standard InChI is InChI=1S/C23H26ClN3OS/c1-26(2)13-6-14-27(23-25-21-19(24)9-5-10-20(21)29-23)22(28)18-12-11-16-7-3-4-8-17(16)15-18/h5,9-12,15H,3-4,6-8,13-14H2,1-2H3. The number of carbonyl (C=O) groups is 1. The van der Waals surface area contributed by atoms with Crippen molar-refractivity contribution in [1.29, 1.82) is 0 Å². The molecule has 0 spiro atoms. The third-order valence-electron chi connectivity index (χ3n) is 5.42. The summed E-state index contributed by atoms with van der Waals surface area (Å²) in [5.41, 5.74) is 4.23. The number of anilines is 1. The number of fused-ring (bicyclic) bond motifs is 2. The van der Waals surface area contributed by atoms with Gasteiger partial charge in [-0.25, -0.2) is 4.98 Å². The maximum absolute atomic E-state index is 13.5. The molecule has 0 N–H and O–H groups in total. The lowest BCUT2D eigenvalue weighted by molar-refractivity contribution is 0.0986. The summed E-state index contributed by atoms with van der Waals surface area (Å²) in [5, 5.41) is 1.34. The van der Waals surface area contributed by atoms with Crippen LogP contribution in [0.15, 0.2) is 36.4 Å². The lowest BCUT2D eigenvalue weighted by Crippen LogP contribution is -2.33. The number of rotatable bonds is 6. The zero-order valence-electron chi connectivity index (χ0n) is 16.9. The number of benzene rings is 2. The Morgan fingerprint density at radius 1 is 1.10 bits per heavy atom. The fraction of sp³-hybridized carbons (Fsp3) is 0.391. The molecule has 0 bridgehead atoms. The molecule has 1 aliphatic carbocycles. The van der Waals surface area contributed by atoms with E-state index in [0.29, 0.717) is 11.6 Å². The van der Waals surface area contributed by atoms with E-state index in [0.717, 1.165) is 46.7 Å². The molecule has 4 rings (SSSR count). The molecule has 2 aromatic carbocycles. The van der Waals surface area contributed by atoms with Gasteiger partial charge in [0.1, 0.15) is 5.52 Å². The van der Waals surface area contributed by atoms with Crippen LogP contribution in [0.3, 0.4) is 0 Å². The van der Waals surface area contributed by atoms with Crippen LogP contribution in [0.1, 0.15) is 40.7 Å². The van der Waals surface area contributed by atoms with Crippen LogP contribution in [0.4, 0.5) is 5.13 Å². The van der Waals surface area contributed by atoms with E-state index in [-0.39, 0.29) is 5.91 Å². The first-order chi connectivity index (χ1) is 14.0. The molecule has 0 saturated carbocycles. The first kappa shape index (κ1) is 20.3. The molecular formula is C23H26ClN3OS. The number of carbonyl (C=O) groups excluding carboxylic acids is 1. The Morgan fingerprint density at radius 2 is 1.90 bits per heavy atom. The summed E-state index contributed by atoms with van der Waals surface area (Å²) >= 11 is 7.86. The molecule has 0 fully saturated rings. The lowest BCUT2D eigenvalue weighted by atomic mass is 9.90. The summed E-state index contributed by atoms with van der Waals surface area (Å²) in [6.07, 6.45) is 5.50. The Morgan fingerprint density at radius 3 is 2.66 bits per heavy atom. The molecule has 152 valence electrons. The van der Waals surface area contributed by atoms with Crippen LogP contribution in [-0.2, 0) is 12.8 Å². The molecule has 6 heteroatoms. The molecule has 0 unspecified atom stereocenters. The Bertz CT molecular complexity index is 1030. The van der Waals surface area contributed by atoms with E-state index in [1.807, 2.05) is 43.3 Å². The van der Waals surface area contributed by atoms with E-state index in [1.54, 1.807) is 0 Å². The molecule has 0 aliphatic heterocycles. The SMILES string of the molecule is CN(C)CCCN(C(=O)c1ccc2c(c1)CCCC2)c1nc2c(Cl)cccc2s1. The number of nitrogens with zero attached hydrogens (tertiary/aromatic N) is 3. The fourth-order valence-electron chi connectivity index (χ4n) is 3.87. The zero-order chi connectivity index (χ0) is 20.4. The average molecular weight is 428 g/mol. The predicted octanol–water partition coefficient (Wildman–Crippen LogP) is 5.43. The van der Waals surface area contributed by atoms with E-state index in [9.17, 15) is 4.79 Å². The zero-order valence-corrected chi connectivity index (χ0v) is 18.5. The van der Waals surface area contributed by atoms with Crippen LogP contribution in [-0.4, -0.2) is 43.0 Å². The molecule has 1 aliphatic rings. The second-order valence-corrected chi connectivity index (χ2v) is 9.30. The quantitative estimate of drug-likeness (QED) is 0.526. The molecule has 0 saturated heterocycles. The third-order valence-corrected chi connectivity index (χ3v) is 6.77. The Kier molecular flexibility index (Phi) is 6.18. The largest absolute Gasteiger partial charge is 0.309 e. The number of aryl methyl sites for hydroxylation is 2. The number of para-hydroxylation sites is 1. The van der Waals surface area contributed by atoms with E-state index in [4.69, 9.17) is 16.6 Å². The van der Waals surface area contributed by atoms with Gasteiger partial charge in [-0.3, -0.25) is 9.69 Å². The Hall–Kier alpha value is -1.95. The number of thiazole rings is 1. The van der Waals surface area contributed by atoms with Crippen molar-refractivity contribution >= 4 is 44.2 Å². The Labute approximate surface area is 181 Å². The minimum absolute atomic E-state index is 0.0207. The van der Waals surface area contributed by atoms with Crippen molar-refractivity contribution in [3.05, 3.63) is 58.1 Å². The number of amides is 1. The van der Waals surface area contributed by atoms with Gasteiger partial charge in [-0.05, 0) is 88.1 Å². The second-order valence-electron chi connectivity index (χ2n) is 7.89. The summed E-state index contributed by atoms with van der Waals surface area (Å²) in [6.45, 7) is 1.55. The van der Waals surface area contributed by atoms with Gasteiger partial charge in [0.15, 0.2) is 5.13 Å². The van der Waals surface area contributed by atoms with Gasteiger partial charge in [0, 0.05) is 12.1 Å². The lowest BCUT2D eigenvalue weighted by Gasteiger charge is -2.22. The molecule has 1 aromatic heterocycles. The first-order valence-corrected chi connectivity index (χ1v) is 11.4. The number of halogens is 1. The monoisotopic (exact) mass is 427 g/mol. The van der Waals surface area contributed by atoms with Crippen LogP contribution in [0.2, 0.25) is 5.02 Å². The molecule has 1 amide bonds. The van der Waals surface area contributed by atoms with Crippen LogP contribution in [0, 0.1) is 0 Å². The van der Waals surface area contributed by atoms with Gasteiger partial charge in [0.05, 0.1) is 9.72 Å². The van der Waals surface area contributed by atoms with Gasteiger partial charge in [0.2, 0.25) is 0 Å². The molecule has 0 radical (unpaired) electrons. The summed E-state index contributed by atoms with van der Waals surface area (Å²) in [5.74, 6) is 0.0207. The number of hydrogen-bond donors (Lipinski definition) is 0. The Balaban J connectivity index is 1.67. The van der Waals surface area contributed by atoms with E-state index in [1.165, 1.54) is 35.3 Å². The van der Waals surface area contributed by atoms with Crippen molar-refractivity contribution < 1.29 is 4.79 Å². The molecule has 4 nitrogen and oxygen atoms in total. The van der Waals surface area contributed by atoms with Gasteiger partial charge < -0.3 is 4.90 Å². The highest BCUT2D eigenvalue weighted by atomic mass is 35.5. The average Bonchev–Trinajstić information content (AvgIpc) is 3.15. The highest BCUT2D eigenvalue weighted by molar-refractivity contribution is 7.22. The van der Waals surface area contributed by atoms with Gasteiger partial charge in [0.25, 0.3) is 5.91 Å². The highest BCUT2D eigenvalue weighted by Crippen LogP contribution is 2.34. The summed E-state index contributed by atoms with van der Waals surface area (Å²) < 4.78 is 1.00. The summed E-state index contributed by atoms with van der Waals surface area (Å²) in [4.78, 5) is 22.2. The summed E-state index contributed by atoms with van der Waals surface area (Å²) in [7, 11) is 4.10. The highest BCUT2D eigenvalue weighted by Gasteiger charge is 2.23. The van der Waals surface area contributed by atoms with Crippen molar-refractivity contribution in [2.24, 2.45) is 0 Å². The maximum atomic E-state index is 13.5. The van der Waals surface area contributed by atoms with E-state index >= 15 is 0 Å². The first-order valence-electron chi connectivity index (χ1n) is 10.2. The number of aromatic nitrogens is 1. The molecule has 3 aromatic rings. The molecule has 0 atom stereocenters. The van der Waals surface area contributed by atoms with Crippen LogP contribution < -0.4 is 4.90 Å². The van der Waals surface area contributed by atoms with E-state index < -0.39 is 0 Å². The van der Waals surface area contributed by atoms with Crippen molar-refractivity contribution in [3.63, 3.8) is 0 Å². The van der Waals surface area contributed by atoms with Crippen molar-refractivity contribution in [2.45, 2.75) is 32.1 Å². The minimum Gasteiger partial charge on any atom is -0.309 e. The molecule has 29 heavy (non-hydrogen) atoms. The van der Waals surface area contributed by atoms with Crippen LogP contribution >= 0.6 is 22.9 Å². The van der Waals surface area contributed by atoms with E-state index in [2.05, 4.69) is 17.0 Å². The van der Waals surface area contributed by atoms with Crippen molar-refractivity contribution in [2.75, 3.05) is 32.1 Å². The summed E-state index contributed by atoms with van der Waals surface area (Å²) in [6, 6.07) is 12.0. The topological polar surface area (TPSA) is 36.4 Å². The van der Waals surface area contributed by atoms with Crippen molar-refractivity contribution in [1.82, 2.24) is 9.88 Å². The minimum atomic E-state index is 0.0207. The predicted molar refractivity (Wildman–Crippen MR) is 123 cm³/mol. The smallest absolute Gasteiger partial charge is 0.260 e. The normalized spacial score (nSPS) is 13.7. The van der Waals surface area contributed by atoms with Crippen LogP contribution in [0.25, 0.3) is 10.2 Å². The maximum Gasteiger partial charge on any atom is 0.260 e. The third kappa shape index (κ3) is 4.47. The van der Waals surface area contributed by atoms with Crippen molar-refractivity contribution in [3.8, 4) is 0 Å². The van der Waals surface area contributed by atoms with Gasteiger partial charge in [-0.15, -0.1) is 0 Å². The number of hydrogen-bond acceptors (Lipinski definition) is 4. The molecular weight excluding hydrogens is 402 g/mol. The van der Waals surface area contributed by atoms with Gasteiger partial charge in [-0.1, -0.05) is 35.1 Å². The fourth-order valence-corrected chi connectivity index (χ4v) is 5.16. The van der Waals surface area contributed by atoms with Crippen LogP contribution in [0.5, 0.6) is 0 Å².